The van der Waals surface area contributed by atoms with Crippen molar-refractivity contribution >= 4 is 11.8 Å². The van der Waals surface area contributed by atoms with Gasteiger partial charge in [0.25, 0.3) is 0 Å². The van der Waals surface area contributed by atoms with Crippen LogP contribution in [-0.4, -0.2) is 55.1 Å². The third kappa shape index (κ3) is 4.24. The summed E-state index contributed by atoms with van der Waals surface area (Å²) in [5.74, 6) is 1.49. The summed E-state index contributed by atoms with van der Waals surface area (Å²) in [6.07, 6.45) is -2.59. The van der Waals surface area contributed by atoms with Crippen molar-refractivity contribution in [2.45, 2.75) is 12.7 Å². The minimum absolute atomic E-state index is 0.302. The number of hydrogen-bond acceptors (Lipinski definition) is 5. The van der Waals surface area contributed by atoms with Gasteiger partial charge in [-0.15, -0.1) is 0 Å². The SMILES string of the molecule is CN(C)c1nccc(N2CCN(Cc3ccccc3C(F)(F)F)CC2)n1. The number of alkyl halides is 3. The Hall–Kier alpha value is -2.35. The molecule has 2 heterocycles. The van der Waals surface area contributed by atoms with Crippen molar-refractivity contribution in [1.29, 1.82) is 0 Å². The van der Waals surface area contributed by atoms with Crippen LogP contribution in [0, 0.1) is 0 Å². The van der Waals surface area contributed by atoms with E-state index in [1.807, 2.05) is 25.1 Å². The highest BCUT2D eigenvalue weighted by Crippen LogP contribution is 2.32. The molecular weight excluding hydrogens is 343 g/mol. The van der Waals surface area contributed by atoms with Crippen molar-refractivity contribution in [1.82, 2.24) is 14.9 Å². The third-order valence-corrected chi connectivity index (χ3v) is 4.44. The fourth-order valence-corrected chi connectivity index (χ4v) is 3.04. The Balaban J connectivity index is 1.64. The highest BCUT2D eigenvalue weighted by Gasteiger charge is 2.33. The van der Waals surface area contributed by atoms with Gasteiger partial charge >= 0.3 is 6.18 Å². The Bertz CT molecular complexity index is 740. The van der Waals surface area contributed by atoms with Crippen molar-refractivity contribution in [2.24, 2.45) is 0 Å². The number of nitrogens with zero attached hydrogens (tertiary/aromatic N) is 5. The molecule has 140 valence electrons. The van der Waals surface area contributed by atoms with Crippen LogP contribution in [0.25, 0.3) is 0 Å². The van der Waals surface area contributed by atoms with Crippen LogP contribution < -0.4 is 9.80 Å². The maximum Gasteiger partial charge on any atom is 0.416 e. The second-order valence-corrected chi connectivity index (χ2v) is 6.53. The Morgan fingerprint density at radius 3 is 2.38 bits per heavy atom. The van der Waals surface area contributed by atoms with Gasteiger partial charge in [0.05, 0.1) is 5.56 Å². The first-order valence-corrected chi connectivity index (χ1v) is 8.47. The van der Waals surface area contributed by atoms with Gasteiger partial charge in [-0.05, 0) is 17.7 Å². The smallest absolute Gasteiger partial charge is 0.354 e. The van der Waals surface area contributed by atoms with E-state index in [9.17, 15) is 13.2 Å². The molecule has 0 amide bonds. The van der Waals surface area contributed by atoms with Crippen molar-refractivity contribution < 1.29 is 13.2 Å². The minimum Gasteiger partial charge on any atom is -0.354 e. The van der Waals surface area contributed by atoms with Gasteiger partial charge in [0.2, 0.25) is 5.95 Å². The lowest BCUT2D eigenvalue weighted by Crippen LogP contribution is -2.46. The van der Waals surface area contributed by atoms with E-state index in [2.05, 4.69) is 19.8 Å². The first kappa shape index (κ1) is 18.4. The average Bonchev–Trinajstić information content (AvgIpc) is 2.62. The average molecular weight is 365 g/mol. The van der Waals surface area contributed by atoms with E-state index in [-0.39, 0.29) is 0 Å². The van der Waals surface area contributed by atoms with Crippen LogP contribution in [0.4, 0.5) is 24.9 Å². The van der Waals surface area contributed by atoms with E-state index in [0.717, 1.165) is 25.0 Å². The molecule has 1 aromatic carbocycles. The summed E-state index contributed by atoms with van der Waals surface area (Å²) in [5.41, 5.74) is -0.223. The van der Waals surface area contributed by atoms with Gasteiger partial charge in [0.1, 0.15) is 5.82 Å². The summed E-state index contributed by atoms with van der Waals surface area (Å²) in [6, 6.07) is 7.66. The molecule has 0 unspecified atom stereocenters. The molecule has 0 aliphatic carbocycles. The largest absolute Gasteiger partial charge is 0.416 e. The zero-order chi connectivity index (χ0) is 18.7. The first-order valence-electron chi connectivity index (χ1n) is 8.47. The molecule has 0 bridgehead atoms. The van der Waals surface area contributed by atoms with Gasteiger partial charge in [0.15, 0.2) is 0 Å². The molecule has 3 rings (SSSR count). The number of rotatable bonds is 4. The van der Waals surface area contributed by atoms with E-state index in [0.29, 0.717) is 31.1 Å². The molecule has 1 aliphatic heterocycles. The normalized spacial score (nSPS) is 16.0. The van der Waals surface area contributed by atoms with Gasteiger partial charge in [0, 0.05) is 53.0 Å². The standard InChI is InChI=1S/C18H22F3N5/c1-24(2)17-22-8-7-16(23-17)26-11-9-25(10-12-26)13-14-5-3-4-6-15(14)18(19,20)21/h3-8H,9-13H2,1-2H3. The summed E-state index contributed by atoms with van der Waals surface area (Å²) in [4.78, 5) is 14.8. The number of aromatic nitrogens is 2. The topological polar surface area (TPSA) is 35.5 Å². The van der Waals surface area contributed by atoms with Gasteiger partial charge in [-0.2, -0.15) is 18.2 Å². The van der Waals surface area contributed by atoms with Crippen molar-refractivity contribution in [2.75, 3.05) is 50.1 Å². The fourth-order valence-electron chi connectivity index (χ4n) is 3.04. The monoisotopic (exact) mass is 365 g/mol. The van der Waals surface area contributed by atoms with Gasteiger partial charge in [-0.3, -0.25) is 4.90 Å². The molecule has 0 atom stereocenters. The number of anilines is 2. The minimum atomic E-state index is -4.32. The van der Waals surface area contributed by atoms with E-state index in [1.54, 1.807) is 18.3 Å². The predicted octanol–water partition coefficient (Wildman–Crippen LogP) is 2.88. The molecule has 8 heteroatoms. The second-order valence-electron chi connectivity index (χ2n) is 6.53. The maximum absolute atomic E-state index is 13.1. The van der Waals surface area contributed by atoms with Crippen molar-refractivity contribution in [3.8, 4) is 0 Å². The molecule has 1 aliphatic rings. The van der Waals surface area contributed by atoms with Crippen molar-refractivity contribution in [3.63, 3.8) is 0 Å². The van der Waals surface area contributed by atoms with Crippen LogP contribution in [0.2, 0.25) is 0 Å². The number of halogens is 3. The lowest BCUT2D eigenvalue weighted by molar-refractivity contribution is -0.138. The molecular formula is C18H22F3N5. The van der Waals surface area contributed by atoms with Crippen LogP contribution in [0.5, 0.6) is 0 Å². The highest BCUT2D eigenvalue weighted by molar-refractivity contribution is 5.43. The summed E-state index contributed by atoms with van der Waals surface area (Å²) in [6.45, 7) is 3.12. The Labute approximate surface area is 151 Å². The zero-order valence-electron chi connectivity index (χ0n) is 14.9. The van der Waals surface area contributed by atoms with Crippen LogP contribution in [-0.2, 0) is 12.7 Å². The van der Waals surface area contributed by atoms with Crippen LogP contribution >= 0.6 is 0 Å². The number of piperazine rings is 1. The van der Waals surface area contributed by atoms with E-state index in [4.69, 9.17) is 0 Å². The summed E-state index contributed by atoms with van der Waals surface area (Å²) >= 11 is 0. The number of benzene rings is 1. The quantitative estimate of drug-likeness (QED) is 0.833. The maximum atomic E-state index is 13.1. The lowest BCUT2D eigenvalue weighted by atomic mass is 10.1. The van der Waals surface area contributed by atoms with Crippen LogP contribution in [0.15, 0.2) is 36.5 Å². The van der Waals surface area contributed by atoms with E-state index in [1.165, 1.54) is 6.07 Å². The molecule has 26 heavy (non-hydrogen) atoms. The summed E-state index contributed by atoms with van der Waals surface area (Å²) in [7, 11) is 3.77. The lowest BCUT2D eigenvalue weighted by Gasteiger charge is -2.35. The Morgan fingerprint density at radius 1 is 1.04 bits per heavy atom. The fraction of sp³-hybridized carbons (Fsp3) is 0.444. The number of hydrogen-bond donors (Lipinski definition) is 0. The van der Waals surface area contributed by atoms with Gasteiger partial charge < -0.3 is 9.80 Å². The third-order valence-electron chi connectivity index (χ3n) is 4.44. The zero-order valence-corrected chi connectivity index (χ0v) is 14.9. The molecule has 0 saturated carbocycles. The summed E-state index contributed by atoms with van der Waals surface area (Å²) in [5, 5.41) is 0. The van der Waals surface area contributed by atoms with Crippen LogP contribution in [0.1, 0.15) is 11.1 Å². The molecule has 2 aromatic rings. The summed E-state index contributed by atoms with van der Waals surface area (Å²) < 4.78 is 39.4. The van der Waals surface area contributed by atoms with Gasteiger partial charge in [-0.1, -0.05) is 18.2 Å². The van der Waals surface area contributed by atoms with Gasteiger partial charge in [-0.25, -0.2) is 4.98 Å². The molecule has 0 spiro atoms. The van der Waals surface area contributed by atoms with Crippen molar-refractivity contribution in [3.05, 3.63) is 47.7 Å². The Kier molecular flexibility index (Phi) is 5.31. The van der Waals surface area contributed by atoms with E-state index < -0.39 is 11.7 Å². The van der Waals surface area contributed by atoms with Crippen LogP contribution in [0.3, 0.4) is 0 Å². The molecule has 5 nitrogen and oxygen atoms in total. The molecule has 1 saturated heterocycles. The molecule has 1 aromatic heterocycles. The first-order chi connectivity index (χ1) is 12.3. The van der Waals surface area contributed by atoms with E-state index >= 15 is 0 Å². The molecule has 0 radical (unpaired) electrons. The second kappa shape index (κ2) is 7.49. The molecule has 0 N–H and O–H groups in total. The predicted molar refractivity (Wildman–Crippen MR) is 95.3 cm³/mol. The Morgan fingerprint density at radius 2 is 1.73 bits per heavy atom. The highest BCUT2D eigenvalue weighted by atomic mass is 19.4. The molecule has 1 fully saturated rings.